The van der Waals surface area contributed by atoms with Crippen LogP contribution in [0, 0.1) is 0 Å². The molecule has 2 unspecified atom stereocenters. The lowest BCUT2D eigenvalue weighted by Crippen LogP contribution is -2.44. The molecule has 2 saturated heterocycles. The Kier molecular flexibility index (Phi) is 6.43. The third-order valence-electron chi connectivity index (χ3n) is 4.94. The molecule has 3 rings (SSSR count). The molecule has 1 aromatic rings. The van der Waals surface area contributed by atoms with Crippen LogP contribution in [0.15, 0.2) is 18.2 Å². The number of ether oxygens (including phenoxy) is 2. The summed E-state index contributed by atoms with van der Waals surface area (Å²) in [6, 6.07) is 5.76. The first-order chi connectivity index (χ1) is 12.1. The van der Waals surface area contributed by atoms with Crippen LogP contribution in [0.5, 0.6) is 5.75 Å². The molecule has 6 heteroatoms. The number of halogens is 1. The lowest BCUT2D eigenvalue weighted by molar-refractivity contribution is -0.132. The Morgan fingerprint density at radius 2 is 2.24 bits per heavy atom. The minimum Gasteiger partial charge on any atom is -0.489 e. The molecule has 2 aliphatic rings. The van der Waals surface area contributed by atoms with Crippen molar-refractivity contribution in [3.63, 3.8) is 0 Å². The van der Waals surface area contributed by atoms with Crippen molar-refractivity contribution in [2.24, 2.45) is 0 Å². The number of nitrogens with zero attached hydrogens (tertiary/aromatic N) is 1. The van der Waals surface area contributed by atoms with Gasteiger partial charge in [-0.3, -0.25) is 4.79 Å². The minimum atomic E-state index is 0.122. The largest absolute Gasteiger partial charge is 0.489 e. The quantitative estimate of drug-likeness (QED) is 0.833. The van der Waals surface area contributed by atoms with Gasteiger partial charge in [0, 0.05) is 24.2 Å². The first kappa shape index (κ1) is 18.3. The molecule has 1 amide bonds. The molecule has 2 atom stereocenters. The van der Waals surface area contributed by atoms with Gasteiger partial charge < -0.3 is 19.7 Å². The molecule has 0 saturated carbocycles. The smallest absolute Gasteiger partial charge is 0.242 e. The topological polar surface area (TPSA) is 50.8 Å². The van der Waals surface area contributed by atoms with Crippen molar-refractivity contribution in [2.75, 3.05) is 31.6 Å². The van der Waals surface area contributed by atoms with E-state index in [0.717, 1.165) is 44.5 Å². The lowest BCUT2D eigenvalue weighted by atomic mass is 10.0. The summed E-state index contributed by atoms with van der Waals surface area (Å²) in [5.74, 6) is 0.830. The zero-order chi connectivity index (χ0) is 17.6. The fourth-order valence-electron chi connectivity index (χ4n) is 3.47. The van der Waals surface area contributed by atoms with Gasteiger partial charge in [0.25, 0.3) is 0 Å². The predicted molar refractivity (Wildman–Crippen MR) is 99.4 cm³/mol. The van der Waals surface area contributed by atoms with Gasteiger partial charge in [0.15, 0.2) is 0 Å². The van der Waals surface area contributed by atoms with E-state index < -0.39 is 0 Å². The summed E-state index contributed by atoms with van der Waals surface area (Å²) in [7, 11) is 0. The highest BCUT2D eigenvalue weighted by Gasteiger charge is 2.23. The number of nitrogens with one attached hydrogen (secondary N) is 1. The first-order valence-corrected chi connectivity index (χ1v) is 9.58. The SMILES string of the molecule is CC1CCCCN1C(=O)CNc1cc(Cl)ccc1OCC1CCCO1. The Morgan fingerprint density at radius 3 is 3.00 bits per heavy atom. The number of anilines is 1. The van der Waals surface area contributed by atoms with Gasteiger partial charge in [0.1, 0.15) is 12.4 Å². The van der Waals surface area contributed by atoms with Crippen LogP contribution in [0.1, 0.15) is 39.0 Å². The molecule has 0 spiro atoms. The van der Waals surface area contributed by atoms with Crippen molar-refractivity contribution in [2.45, 2.75) is 51.2 Å². The number of benzene rings is 1. The maximum absolute atomic E-state index is 12.5. The van der Waals surface area contributed by atoms with Gasteiger partial charge in [-0.15, -0.1) is 0 Å². The van der Waals surface area contributed by atoms with Gasteiger partial charge in [0.05, 0.1) is 18.3 Å². The van der Waals surface area contributed by atoms with Crippen molar-refractivity contribution in [3.05, 3.63) is 23.2 Å². The molecule has 0 aromatic heterocycles. The van der Waals surface area contributed by atoms with Crippen LogP contribution >= 0.6 is 11.6 Å². The monoisotopic (exact) mass is 366 g/mol. The van der Waals surface area contributed by atoms with Crippen LogP contribution in [-0.2, 0) is 9.53 Å². The third-order valence-corrected chi connectivity index (χ3v) is 5.18. The van der Waals surface area contributed by atoms with Crippen LogP contribution in [0.4, 0.5) is 5.69 Å². The first-order valence-electron chi connectivity index (χ1n) is 9.21. The number of hydrogen-bond donors (Lipinski definition) is 1. The van der Waals surface area contributed by atoms with Crippen molar-refractivity contribution in [3.8, 4) is 5.75 Å². The lowest BCUT2D eigenvalue weighted by Gasteiger charge is -2.33. The fourth-order valence-corrected chi connectivity index (χ4v) is 3.64. The summed E-state index contributed by atoms with van der Waals surface area (Å²) < 4.78 is 11.5. The van der Waals surface area contributed by atoms with Crippen LogP contribution in [0.25, 0.3) is 0 Å². The molecule has 0 aliphatic carbocycles. The van der Waals surface area contributed by atoms with Crippen LogP contribution in [0.2, 0.25) is 5.02 Å². The molecule has 5 nitrogen and oxygen atoms in total. The number of amides is 1. The summed E-state index contributed by atoms with van der Waals surface area (Å²) in [5.41, 5.74) is 0.753. The molecule has 1 aromatic carbocycles. The minimum absolute atomic E-state index is 0.122. The molecule has 138 valence electrons. The molecule has 1 N–H and O–H groups in total. The summed E-state index contributed by atoms with van der Waals surface area (Å²) in [6.07, 6.45) is 5.64. The van der Waals surface area contributed by atoms with Gasteiger partial charge in [-0.1, -0.05) is 11.6 Å². The van der Waals surface area contributed by atoms with E-state index in [2.05, 4.69) is 12.2 Å². The highest BCUT2D eigenvalue weighted by atomic mass is 35.5. The summed E-state index contributed by atoms with van der Waals surface area (Å²) in [6.45, 7) is 4.54. The Labute approximate surface area is 154 Å². The average molecular weight is 367 g/mol. The third kappa shape index (κ3) is 5.02. The molecule has 2 fully saturated rings. The highest BCUT2D eigenvalue weighted by molar-refractivity contribution is 6.30. The van der Waals surface area contributed by atoms with E-state index >= 15 is 0 Å². The Balaban J connectivity index is 1.58. The van der Waals surface area contributed by atoms with E-state index in [4.69, 9.17) is 21.1 Å². The molecule has 2 heterocycles. The standard InChI is InChI=1S/C19H27ClN2O3/c1-14-5-2-3-9-22(14)19(23)12-21-17-11-15(20)7-8-18(17)25-13-16-6-4-10-24-16/h7-8,11,14,16,21H,2-6,9-10,12-13H2,1H3. The number of piperidine rings is 1. The maximum Gasteiger partial charge on any atom is 0.242 e. The molecule has 2 aliphatic heterocycles. The van der Waals surface area contributed by atoms with Crippen molar-refractivity contribution in [1.82, 2.24) is 4.90 Å². The normalized spacial score (nSPS) is 23.5. The van der Waals surface area contributed by atoms with Crippen LogP contribution < -0.4 is 10.1 Å². The summed E-state index contributed by atoms with van der Waals surface area (Å²) >= 11 is 6.12. The van der Waals surface area contributed by atoms with E-state index in [1.807, 2.05) is 11.0 Å². The number of hydrogen-bond acceptors (Lipinski definition) is 4. The Hall–Kier alpha value is -1.46. The number of likely N-dealkylation sites (tertiary alicyclic amines) is 1. The number of rotatable bonds is 6. The van der Waals surface area contributed by atoms with E-state index in [1.54, 1.807) is 12.1 Å². The summed E-state index contributed by atoms with van der Waals surface area (Å²) in [4.78, 5) is 14.5. The van der Waals surface area contributed by atoms with E-state index in [0.29, 0.717) is 23.4 Å². The average Bonchev–Trinajstić information content (AvgIpc) is 3.13. The molecular formula is C19H27ClN2O3. The van der Waals surface area contributed by atoms with E-state index in [-0.39, 0.29) is 18.6 Å². The highest BCUT2D eigenvalue weighted by Crippen LogP contribution is 2.29. The maximum atomic E-state index is 12.5. The Bertz CT molecular complexity index is 590. The van der Waals surface area contributed by atoms with Gasteiger partial charge in [-0.25, -0.2) is 0 Å². The predicted octanol–water partition coefficient (Wildman–Crippen LogP) is 3.71. The molecule has 0 bridgehead atoms. The van der Waals surface area contributed by atoms with Gasteiger partial charge in [-0.05, 0) is 57.2 Å². The second-order valence-corrected chi connectivity index (χ2v) is 7.31. The number of carbonyl (C=O) groups excluding carboxylic acids is 1. The van der Waals surface area contributed by atoms with E-state index in [1.165, 1.54) is 6.42 Å². The van der Waals surface area contributed by atoms with Crippen LogP contribution in [-0.4, -0.2) is 49.3 Å². The van der Waals surface area contributed by atoms with Gasteiger partial charge in [-0.2, -0.15) is 0 Å². The van der Waals surface area contributed by atoms with Crippen LogP contribution in [0.3, 0.4) is 0 Å². The van der Waals surface area contributed by atoms with E-state index in [9.17, 15) is 4.79 Å². The van der Waals surface area contributed by atoms with Crippen molar-refractivity contribution in [1.29, 1.82) is 0 Å². The number of carbonyl (C=O) groups is 1. The Morgan fingerprint density at radius 1 is 1.36 bits per heavy atom. The van der Waals surface area contributed by atoms with Gasteiger partial charge in [0.2, 0.25) is 5.91 Å². The molecular weight excluding hydrogens is 340 g/mol. The zero-order valence-electron chi connectivity index (χ0n) is 14.8. The molecule has 0 radical (unpaired) electrons. The molecule has 25 heavy (non-hydrogen) atoms. The fraction of sp³-hybridized carbons (Fsp3) is 0.632. The van der Waals surface area contributed by atoms with Crippen molar-refractivity contribution < 1.29 is 14.3 Å². The van der Waals surface area contributed by atoms with Gasteiger partial charge >= 0.3 is 0 Å². The van der Waals surface area contributed by atoms with Crippen molar-refractivity contribution >= 4 is 23.2 Å². The second kappa shape index (κ2) is 8.77. The summed E-state index contributed by atoms with van der Waals surface area (Å²) in [5, 5.41) is 3.82. The zero-order valence-corrected chi connectivity index (χ0v) is 15.6. The second-order valence-electron chi connectivity index (χ2n) is 6.87.